The van der Waals surface area contributed by atoms with Crippen LogP contribution >= 0.6 is 11.8 Å². The number of H-pyrrole nitrogens is 1. The number of alkyl halides is 3. The highest BCUT2D eigenvalue weighted by atomic mass is 32.2. The molecule has 9 nitrogen and oxygen atoms in total. The Morgan fingerprint density at radius 2 is 1.92 bits per heavy atom. The summed E-state index contributed by atoms with van der Waals surface area (Å²) in [6.07, 6.45) is -2.06. The Morgan fingerprint density at radius 3 is 2.61 bits per heavy atom. The van der Waals surface area contributed by atoms with E-state index in [0.717, 1.165) is 0 Å². The van der Waals surface area contributed by atoms with Crippen LogP contribution in [0.2, 0.25) is 0 Å². The maximum atomic E-state index is 13.1. The second-order valence-corrected chi connectivity index (χ2v) is 8.59. The smallest absolute Gasteiger partial charge is 0.422 e. The molecule has 0 spiro atoms. The molecule has 2 N–H and O–H groups in total. The number of carbonyl (C=O) groups is 2. The number of aromatic amines is 1. The first kappa shape index (κ1) is 27.1. The largest absolute Gasteiger partial charge is 0.484 e. The lowest BCUT2D eigenvalue weighted by Gasteiger charge is -2.13. The summed E-state index contributed by atoms with van der Waals surface area (Å²) in [7, 11) is 0. The monoisotopic (exact) mass is 526 g/mol. The highest BCUT2D eigenvalue weighted by Crippen LogP contribution is 2.24. The van der Waals surface area contributed by atoms with Crippen LogP contribution in [0.1, 0.15) is 26.2 Å². The van der Waals surface area contributed by atoms with Gasteiger partial charge in [0.15, 0.2) is 11.8 Å². The summed E-state index contributed by atoms with van der Waals surface area (Å²) >= 11 is 1.27. The van der Waals surface area contributed by atoms with E-state index < -0.39 is 12.8 Å². The quantitative estimate of drug-likeness (QED) is 0.160. The van der Waals surface area contributed by atoms with Crippen LogP contribution in [0.5, 0.6) is 5.75 Å². The highest BCUT2D eigenvalue weighted by Gasteiger charge is 2.28. The third-order valence-electron chi connectivity index (χ3n) is 4.78. The normalized spacial score (nSPS) is 11.4. The molecule has 2 aromatic heterocycles. The average molecular weight is 527 g/mol. The number of aromatic nitrogens is 3. The fourth-order valence-electron chi connectivity index (χ4n) is 3.18. The minimum absolute atomic E-state index is 0.0150. The van der Waals surface area contributed by atoms with E-state index in [0.29, 0.717) is 28.5 Å². The lowest BCUT2D eigenvalue weighted by Crippen LogP contribution is -2.26. The van der Waals surface area contributed by atoms with Crippen LogP contribution in [-0.4, -0.2) is 58.1 Å². The number of nitrogens with one attached hydrogen (secondary N) is 2. The number of carbonyl (C=O) groups excluding carboxylic acids is 2. The molecule has 0 aliphatic carbocycles. The lowest BCUT2D eigenvalue weighted by molar-refractivity contribution is -0.153. The van der Waals surface area contributed by atoms with Crippen molar-refractivity contribution in [3.8, 4) is 11.4 Å². The van der Waals surface area contributed by atoms with Crippen molar-refractivity contribution in [1.82, 2.24) is 19.9 Å². The molecule has 0 aliphatic rings. The van der Waals surface area contributed by atoms with Gasteiger partial charge in [-0.15, -0.1) is 0 Å². The van der Waals surface area contributed by atoms with Gasteiger partial charge in [-0.2, -0.15) is 13.2 Å². The van der Waals surface area contributed by atoms with Crippen LogP contribution in [0.3, 0.4) is 0 Å². The molecule has 0 radical (unpaired) electrons. The van der Waals surface area contributed by atoms with Gasteiger partial charge in [-0.25, -0.2) is 4.98 Å². The van der Waals surface area contributed by atoms with Crippen LogP contribution in [0, 0.1) is 0 Å². The van der Waals surface area contributed by atoms with Crippen molar-refractivity contribution < 1.29 is 32.2 Å². The van der Waals surface area contributed by atoms with Crippen LogP contribution in [-0.2, 0) is 14.3 Å². The van der Waals surface area contributed by atoms with E-state index in [4.69, 9.17) is 9.47 Å². The molecule has 0 bridgehead atoms. The molecule has 13 heteroatoms. The second kappa shape index (κ2) is 12.5. The molecular weight excluding hydrogens is 501 g/mol. The van der Waals surface area contributed by atoms with Gasteiger partial charge in [-0.3, -0.25) is 19.0 Å². The number of fused-ring (bicyclic) bond motifs is 1. The molecule has 1 amide bonds. The Balaban J connectivity index is 1.65. The van der Waals surface area contributed by atoms with Crippen LogP contribution in [0.15, 0.2) is 46.5 Å². The summed E-state index contributed by atoms with van der Waals surface area (Å²) in [6.45, 7) is 0.768. The number of hydrogen-bond acceptors (Lipinski definition) is 7. The molecule has 0 unspecified atom stereocenters. The van der Waals surface area contributed by atoms with E-state index in [2.05, 4.69) is 15.3 Å². The van der Waals surface area contributed by atoms with E-state index in [1.807, 2.05) is 0 Å². The summed E-state index contributed by atoms with van der Waals surface area (Å²) in [5.74, 6) is -0.0973. The second-order valence-electron chi connectivity index (χ2n) is 7.53. The fourth-order valence-corrected chi connectivity index (χ4v) is 4.13. The number of amides is 1. The predicted octanol–water partition coefficient (Wildman–Crippen LogP) is 3.60. The Labute approximate surface area is 208 Å². The van der Waals surface area contributed by atoms with Gasteiger partial charge < -0.3 is 19.8 Å². The van der Waals surface area contributed by atoms with Gasteiger partial charge in [-0.05, 0) is 43.7 Å². The highest BCUT2D eigenvalue weighted by molar-refractivity contribution is 7.99. The summed E-state index contributed by atoms with van der Waals surface area (Å²) < 4.78 is 48.1. The molecule has 1 aromatic carbocycles. The number of ether oxygens (including phenoxy) is 2. The Hall–Kier alpha value is -3.48. The van der Waals surface area contributed by atoms with Gasteiger partial charge in [0.05, 0.1) is 24.2 Å². The lowest BCUT2D eigenvalue weighted by atomic mass is 10.3. The molecule has 0 atom stereocenters. The van der Waals surface area contributed by atoms with Gasteiger partial charge in [0.1, 0.15) is 11.3 Å². The minimum Gasteiger partial charge on any atom is -0.484 e. The minimum atomic E-state index is -4.46. The number of esters is 1. The maximum absolute atomic E-state index is 13.1. The predicted molar refractivity (Wildman–Crippen MR) is 127 cm³/mol. The van der Waals surface area contributed by atoms with Crippen LogP contribution < -0.4 is 15.6 Å². The van der Waals surface area contributed by atoms with Crippen molar-refractivity contribution in [1.29, 1.82) is 0 Å². The number of thioether (sulfide) groups is 1. The maximum Gasteiger partial charge on any atom is 0.422 e. The molecule has 3 rings (SSSR count). The molecule has 194 valence electrons. The van der Waals surface area contributed by atoms with Crippen molar-refractivity contribution in [2.75, 3.05) is 25.5 Å². The number of hydrogen-bond donors (Lipinski definition) is 2. The fraction of sp³-hybridized carbons (Fsp3) is 0.391. The average Bonchev–Trinajstić information content (AvgIpc) is 3.30. The first-order valence-corrected chi connectivity index (χ1v) is 12.1. The van der Waals surface area contributed by atoms with E-state index in [9.17, 15) is 27.6 Å². The van der Waals surface area contributed by atoms with Crippen molar-refractivity contribution in [2.45, 2.75) is 37.5 Å². The molecular formula is C23H25F3N4O5S. The number of rotatable bonds is 12. The zero-order chi connectivity index (χ0) is 26.1. The Kier molecular flexibility index (Phi) is 9.39. The van der Waals surface area contributed by atoms with Gasteiger partial charge in [0.2, 0.25) is 5.91 Å². The molecule has 0 saturated carbocycles. The molecule has 2 heterocycles. The molecule has 0 aliphatic heterocycles. The molecule has 0 saturated heterocycles. The summed E-state index contributed by atoms with van der Waals surface area (Å²) in [4.78, 5) is 43.8. The third-order valence-corrected chi connectivity index (χ3v) is 5.81. The summed E-state index contributed by atoms with van der Waals surface area (Å²) in [5, 5.41) is 3.03. The van der Waals surface area contributed by atoms with Crippen LogP contribution in [0.25, 0.3) is 16.7 Å². The first-order chi connectivity index (χ1) is 17.2. The van der Waals surface area contributed by atoms with E-state index in [1.54, 1.807) is 19.2 Å². The van der Waals surface area contributed by atoms with Crippen molar-refractivity contribution >= 4 is 34.7 Å². The summed E-state index contributed by atoms with van der Waals surface area (Å²) in [5.41, 5.74) is 0.800. The molecule has 0 fully saturated rings. The summed E-state index contributed by atoms with van der Waals surface area (Å²) in [6, 6.07) is 7.31. The first-order valence-electron chi connectivity index (χ1n) is 11.1. The van der Waals surface area contributed by atoms with Crippen molar-refractivity contribution in [3.63, 3.8) is 0 Å². The zero-order valence-corrected chi connectivity index (χ0v) is 20.2. The van der Waals surface area contributed by atoms with E-state index in [1.165, 1.54) is 40.6 Å². The SMILES string of the molecule is CCOC(=O)CCNC(=O)CCCSc1nc2cc[nH]c2c(=O)n1-c1ccc(OCC(F)(F)F)cc1. The zero-order valence-electron chi connectivity index (χ0n) is 19.4. The molecule has 36 heavy (non-hydrogen) atoms. The van der Waals surface area contributed by atoms with Crippen molar-refractivity contribution in [2.24, 2.45) is 0 Å². The van der Waals surface area contributed by atoms with Crippen LogP contribution in [0.4, 0.5) is 13.2 Å². The number of benzene rings is 1. The van der Waals surface area contributed by atoms with Crippen molar-refractivity contribution in [3.05, 3.63) is 46.9 Å². The van der Waals surface area contributed by atoms with Gasteiger partial charge >= 0.3 is 12.1 Å². The topological polar surface area (TPSA) is 115 Å². The number of nitrogens with zero attached hydrogens (tertiary/aromatic N) is 2. The number of halogens is 3. The van der Waals surface area contributed by atoms with Gasteiger partial charge in [-0.1, -0.05) is 11.8 Å². The van der Waals surface area contributed by atoms with E-state index >= 15 is 0 Å². The standard InChI is InChI=1S/C23H25F3N4O5S/c1-2-34-19(32)10-12-27-18(31)4-3-13-36-22-29-17-9-11-28-20(17)21(33)30(22)15-5-7-16(8-6-15)35-14-23(24,25)26/h5-9,11,28H,2-4,10,12-14H2,1H3,(H,27,31). The van der Waals surface area contributed by atoms with E-state index in [-0.39, 0.29) is 54.7 Å². The third kappa shape index (κ3) is 7.77. The van der Waals surface area contributed by atoms with Gasteiger partial charge in [0, 0.05) is 24.9 Å². The Morgan fingerprint density at radius 1 is 1.17 bits per heavy atom. The molecule has 3 aromatic rings. The van der Waals surface area contributed by atoms with Gasteiger partial charge in [0.25, 0.3) is 5.56 Å². The Bertz CT molecular complexity index is 1240.